The fourth-order valence-electron chi connectivity index (χ4n) is 1.38. The molecular weight excluding hydrogens is 218 g/mol. The van der Waals surface area contributed by atoms with Gasteiger partial charge in [0.15, 0.2) is 0 Å². The van der Waals surface area contributed by atoms with Crippen LogP contribution in [0, 0.1) is 5.92 Å². The third kappa shape index (κ3) is 13.8. The van der Waals surface area contributed by atoms with Crippen LogP contribution in [0.1, 0.15) is 26.7 Å². The van der Waals surface area contributed by atoms with Crippen LogP contribution in [0.15, 0.2) is 0 Å². The van der Waals surface area contributed by atoms with Gasteiger partial charge in [0.2, 0.25) is 0 Å². The molecule has 0 aromatic heterocycles. The third-order valence-corrected chi connectivity index (χ3v) is 2.33. The van der Waals surface area contributed by atoms with Crippen molar-refractivity contribution in [3.05, 3.63) is 0 Å². The van der Waals surface area contributed by atoms with Gasteiger partial charge in [0.05, 0.1) is 19.8 Å². The van der Waals surface area contributed by atoms with Gasteiger partial charge in [-0.15, -0.1) is 0 Å². The van der Waals surface area contributed by atoms with Gasteiger partial charge >= 0.3 is 0 Å². The minimum absolute atomic E-state index is 0.580. The second-order valence-electron chi connectivity index (χ2n) is 4.34. The Morgan fingerprint density at radius 2 is 1.82 bits per heavy atom. The summed E-state index contributed by atoms with van der Waals surface area (Å²) in [6.07, 6.45) is 2.14. The molecule has 0 aromatic rings. The van der Waals surface area contributed by atoms with E-state index in [9.17, 15) is 0 Å². The highest BCUT2D eigenvalue weighted by Gasteiger charge is 2.00. The Morgan fingerprint density at radius 1 is 1.06 bits per heavy atom. The lowest BCUT2D eigenvalue weighted by atomic mass is 10.2. The summed E-state index contributed by atoms with van der Waals surface area (Å²) in [6.45, 7) is 10.2. The molecule has 4 nitrogen and oxygen atoms in total. The van der Waals surface area contributed by atoms with Crippen LogP contribution in [0.2, 0.25) is 0 Å². The average Bonchev–Trinajstić information content (AvgIpc) is 2.33. The number of hydrogen-bond acceptors (Lipinski definition) is 4. The summed E-state index contributed by atoms with van der Waals surface area (Å²) in [5, 5.41) is 3.39. The first-order valence-electron chi connectivity index (χ1n) is 6.66. The van der Waals surface area contributed by atoms with E-state index in [0.717, 1.165) is 39.3 Å². The van der Waals surface area contributed by atoms with E-state index in [1.165, 1.54) is 6.42 Å². The molecule has 0 aliphatic carbocycles. The number of nitrogens with one attached hydrogen (secondary N) is 1. The monoisotopic (exact) mass is 247 g/mol. The van der Waals surface area contributed by atoms with Crippen LogP contribution in [0.25, 0.3) is 0 Å². The van der Waals surface area contributed by atoms with Gasteiger partial charge in [0, 0.05) is 20.3 Å². The SMILES string of the molecule is CCCNCC(C)COCCCOCCOC. The molecule has 0 bridgehead atoms. The summed E-state index contributed by atoms with van der Waals surface area (Å²) < 4.78 is 15.8. The summed E-state index contributed by atoms with van der Waals surface area (Å²) in [5.74, 6) is 0.580. The molecule has 4 heteroatoms. The van der Waals surface area contributed by atoms with Crippen molar-refractivity contribution in [1.82, 2.24) is 5.32 Å². The van der Waals surface area contributed by atoms with E-state index in [2.05, 4.69) is 19.2 Å². The van der Waals surface area contributed by atoms with Crippen LogP contribution in [-0.2, 0) is 14.2 Å². The van der Waals surface area contributed by atoms with Crippen LogP contribution in [0.4, 0.5) is 0 Å². The molecule has 0 spiro atoms. The van der Waals surface area contributed by atoms with Crippen LogP contribution >= 0.6 is 0 Å². The summed E-state index contributed by atoms with van der Waals surface area (Å²) in [7, 11) is 1.68. The average molecular weight is 247 g/mol. The first kappa shape index (κ1) is 16.8. The molecule has 1 N–H and O–H groups in total. The van der Waals surface area contributed by atoms with Crippen molar-refractivity contribution in [1.29, 1.82) is 0 Å². The Kier molecular flexibility index (Phi) is 13.8. The van der Waals surface area contributed by atoms with E-state index in [0.29, 0.717) is 19.1 Å². The van der Waals surface area contributed by atoms with Gasteiger partial charge in [-0.25, -0.2) is 0 Å². The summed E-state index contributed by atoms with van der Waals surface area (Å²) >= 11 is 0. The highest BCUT2D eigenvalue weighted by Crippen LogP contribution is 1.95. The van der Waals surface area contributed by atoms with Crippen LogP contribution < -0.4 is 5.32 Å². The molecule has 0 amide bonds. The highest BCUT2D eigenvalue weighted by molar-refractivity contribution is 4.55. The Labute approximate surface area is 106 Å². The molecule has 0 aliphatic heterocycles. The first-order chi connectivity index (χ1) is 8.31. The van der Waals surface area contributed by atoms with Crippen molar-refractivity contribution in [2.24, 2.45) is 5.92 Å². The van der Waals surface area contributed by atoms with Crippen LogP contribution in [0.5, 0.6) is 0 Å². The molecule has 0 heterocycles. The van der Waals surface area contributed by atoms with Crippen molar-refractivity contribution in [3.8, 4) is 0 Å². The molecule has 0 rings (SSSR count). The molecule has 0 aliphatic rings. The molecule has 0 saturated heterocycles. The predicted molar refractivity (Wildman–Crippen MR) is 70.5 cm³/mol. The lowest BCUT2D eigenvalue weighted by Crippen LogP contribution is -2.24. The zero-order valence-electron chi connectivity index (χ0n) is 11.7. The standard InChI is InChI=1S/C13H29NO3/c1-4-6-14-11-13(2)12-17-8-5-7-16-10-9-15-3/h13-14H,4-12H2,1-3H3. The molecule has 1 atom stereocenters. The topological polar surface area (TPSA) is 39.7 Å². The van der Waals surface area contributed by atoms with Crippen LogP contribution in [-0.4, -0.2) is 53.2 Å². The maximum Gasteiger partial charge on any atom is 0.0700 e. The maximum atomic E-state index is 5.58. The first-order valence-corrected chi connectivity index (χ1v) is 6.66. The lowest BCUT2D eigenvalue weighted by Gasteiger charge is -2.12. The summed E-state index contributed by atoms with van der Waals surface area (Å²) in [4.78, 5) is 0. The summed E-state index contributed by atoms with van der Waals surface area (Å²) in [5.41, 5.74) is 0. The Morgan fingerprint density at radius 3 is 2.53 bits per heavy atom. The van der Waals surface area contributed by atoms with Crippen molar-refractivity contribution in [2.45, 2.75) is 26.7 Å². The van der Waals surface area contributed by atoms with E-state index in [1.54, 1.807) is 7.11 Å². The van der Waals surface area contributed by atoms with Gasteiger partial charge in [-0.1, -0.05) is 13.8 Å². The summed E-state index contributed by atoms with van der Waals surface area (Å²) in [6, 6.07) is 0. The third-order valence-electron chi connectivity index (χ3n) is 2.33. The molecule has 0 radical (unpaired) electrons. The van der Waals surface area contributed by atoms with Crippen molar-refractivity contribution < 1.29 is 14.2 Å². The fourth-order valence-corrected chi connectivity index (χ4v) is 1.38. The molecule has 0 saturated carbocycles. The maximum absolute atomic E-state index is 5.58. The molecule has 104 valence electrons. The van der Waals surface area contributed by atoms with Crippen LogP contribution in [0.3, 0.4) is 0 Å². The molecule has 17 heavy (non-hydrogen) atoms. The van der Waals surface area contributed by atoms with Gasteiger partial charge in [0.25, 0.3) is 0 Å². The van der Waals surface area contributed by atoms with Gasteiger partial charge in [-0.2, -0.15) is 0 Å². The van der Waals surface area contributed by atoms with Gasteiger partial charge in [-0.05, 0) is 31.8 Å². The van der Waals surface area contributed by atoms with E-state index >= 15 is 0 Å². The van der Waals surface area contributed by atoms with E-state index in [-0.39, 0.29) is 0 Å². The Bertz CT molecular complexity index is 145. The smallest absolute Gasteiger partial charge is 0.0700 e. The zero-order chi connectivity index (χ0) is 12.8. The normalized spacial score (nSPS) is 12.9. The van der Waals surface area contributed by atoms with Crippen molar-refractivity contribution in [3.63, 3.8) is 0 Å². The number of rotatable bonds is 13. The van der Waals surface area contributed by atoms with Gasteiger partial charge in [0.1, 0.15) is 0 Å². The number of hydrogen-bond donors (Lipinski definition) is 1. The molecular formula is C13H29NO3. The molecule has 0 fully saturated rings. The number of methoxy groups -OCH3 is 1. The van der Waals surface area contributed by atoms with E-state index < -0.39 is 0 Å². The second-order valence-corrected chi connectivity index (χ2v) is 4.34. The fraction of sp³-hybridized carbons (Fsp3) is 1.00. The lowest BCUT2D eigenvalue weighted by molar-refractivity contribution is 0.0457. The van der Waals surface area contributed by atoms with Gasteiger partial charge < -0.3 is 19.5 Å². The predicted octanol–water partition coefficient (Wildman–Crippen LogP) is 1.69. The Balaban J connectivity index is 3.05. The van der Waals surface area contributed by atoms with E-state index in [4.69, 9.17) is 14.2 Å². The van der Waals surface area contributed by atoms with Crippen molar-refractivity contribution in [2.75, 3.05) is 53.2 Å². The quantitative estimate of drug-likeness (QED) is 0.503. The second kappa shape index (κ2) is 13.9. The Hall–Kier alpha value is -0.160. The zero-order valence-corrected chi connectivity index (χ0v) is 11.7. The molecule has 0 aromatic carbocycles. The van der Waals surface area contributed by atoms with E-state index in [1.807, 2.05) is 0 Å². The largest absolute Gasteiger partial charge is 0.382 e. The minimum Gasteiger partial charge on any atom is -0.382 e. The van der Waals surface area contributed by atoms with Crippen molar-refractivity contribution >= 4 is 0 Å². The van der Waals surface area contributed by atoms with Gasteiger partial charge in [-0.3, -0.25) is 0 Å². The minimum atomic E-state index is 0.580. The highest BCUT2D eigenvalue weighted by atomic mass is 16.5. The molecule has 1 unspecified atom stereocenters. The number of ether oxygens (including phenoxy) is 3.